The van der Waals surface area contributed by atoms with Crippen LogP contribution in [0.15, 0.2) is 82.4 Å². The molecule has 0 amide bonds. The third-order valence-corrected chi connectivity index (χ3v) is 7.09. The van der Waals surface area contributed by atoms with E-state index in [-0.39, 0.29) is 11.1 Å². The van der Waals surface area contributed by atoms with E-state index in [9.17, 15) is 9.59 Å². The first-order chi connectivity index (χ1) is 13.7. The number of rotatable bonds is 0. The van der Waals surface area contributed by atoms with Crippen molar-refractivity contribution in [2.45, 2.75) is 11.5 Å². The SMILES string of the molecule is O=c1c2ccccc2c(=O)n2n1-c1cccc(c1)CSSCc1cccc-2c1. The maximum absolute atomic E-state index is 13.4. The number of hydrogen-bond acceptors (Lipinski definition) is 4. The van der Waals surface area contributed by atoms with Gasteiger partial charge >= 0.3 is 0 Å². The molecule has 0 aliphatic carbocycles. The van der Waals surface area contributed by atoms with Crippen LogP contribution in [0.2, 0.25) is 0 Å². The molecule has 4 aromatic rings. The molecule has 5 rings (SSSR count). The molecule has 28 heavy (non-hydrogen) atoms. The third-order valence-electron chi connectivity index (χ3n) is 4.82. The van der Waals surface area contributed by atoms with Crippen molar-refractivity contribution in [2.75, 3.05) is 0 Å². The quantitative estimate of drug-likeness (QED) is 0.404. The normalized spacial score (nSPS) is 13.4. The fourth-order valence-corrected chi connectivity index (χ4v) is 5.62. The van der Waals surface area contributed by atoms with Crippen LogP contribution >= 0.6 is 21.6 Å². The first-order valence-corrected chi connectivity index (χ1v) is 11.4. The molecule has 0 unspecified atom stereocenters. The smallest absolute Gasteiger partial charge is 0.267 e. The summed E-state index contributed by atoms with van der Waals surface area (Å²) in [5.41, 5.74) is 3.24. The Morgan fingerprint density at radius 2 is 1.07 bits per heavy atom. The maximum atomic E-state index is 13.4. The number of benzene rings is 3. The van der Waals surface area contributed by atoms with Crippen molar-refractivity contribution in [1.82, 2.24) is 9.36 Å². The molecule has 0 spiro atoms. The Morgan fingerprint density at radius 3 is 1.54 bits per heavy atom. The lowest BCUT2D eigenvalue weighted by molar-refractivity contribution is 0.676. The molecular formula is C22H16N2O2S2. The Kier molecular flexibility index (Phi) is 4.37. The molecule has 0 radical (unpaired) electrons. The zero-order valence-electron chi connectivity index (χ0n) is 14.9. The summed E-state index contributed by atoms with van der Waals surface area (Å²) in [5, 5.41) is 0.865. The number of nitrogens with zero attached hydrogens (tertiary/aromatic N) is 2. The lowest BCUT2D eigenvalue weighted by atomic mass is 10.1. The van der Waals surface area contributed by atoms with Gasteiger partial charge in [-0.15, -0.1) is 0 Å². The van der Waals surface area contributed by atoms with Crippen LogP contribution in [0.3, 0.4) is 0 Å². The molecule has 4 nitrogen and oxygen atoms in total. The topological polar surface area (TPSA) is 44.0 Å². The first kappa shape index (κ1) is 17.4. The fraction of sp³-hybridized carbons (Fsp3) is 0.0909. The van der Waals surface area contributed by atoms with Gasteiger partial charge in [-0.2, -0.15) is 0 Å². The van der Waals surface area contributed by atoms with Gasteiger partial charge in [0, 0.05) is 11.5 Å². The molecular weight excluding hydrogens is 388 g/mol. The van der Waals surface area contributed by atoms with E-state index in [1.165, 1.54) is 9.36 Å². The molecule has 3 aromatic carbocycles. The Balaban J connectivity index is 1.97. The van der Waals surface area contributed by atoms with Gasteiger partial charge in [0.1, 0.15) is 0 Å². The van der Waals surface area contributed by atoms with Crippen molar-refractivity contribution in [3.8, 4) is 11.4 Å². The van der Waals surface area contributed by atoms with Gasteiger partial charge in [-0.05, 0) is 47.5 Å². The average molecular weight is 405 g/mol. The Labute approximate surface area is 169 Å². The van der Waals surface area contributed by atoms with E-state index in [1.807, 2.05) is 36.4 Å². The molecule has 6 heteroatoms. The van der Waals surface area contributed by atoms with Crippen molar-refractivity contribution in [3.63, 3.8) is 0 Å². The maximum Gasteiger partial charge on any atom is 0.278 e. The van der Waals surface area contributed by atoms with Gasteiger partial charge in [0.2, 0.25) is 0 Å². The van der Waals surface area contributed by atoms with Gasteiger partial charge in [-0.25, -0.2) is 9.36 Å². The minimum atomic E-state index is -0.197. The summed E-state index contributed by atoms with van der Waals surface area (Å²) in [6.45, 7) is 0. The van der Waals surface area contributed by atoms with Crippen molar-refractivity contribution >= 4 is 32.4 Å². The molecule has 0 N–H and O–H groups in total. The Bertz CT molecular complexity index is 1220. The molecule has 138 valence electrons. The molecule has 0 saturated carbocycles. The summed E-state index contributed by atoms with van der Waals surface area (Å²) in [6.07, 6.45) is 0. The number of hydrogen-bond donors (Lipinski definition) is 0. The molecule has 4 bridgehead atoms. The van der Waals surface area contributed by atoms with Crippen molar-refractivity contribution in [1.29, 1.82) is 0 Å². The Morgan fingerprint density at radius 1 is 0.607 bits per heavy atom. The summed E-state index contributed by atoms with van der Waals surface area (Å²) >= 11 is 0. The second-order valence-corrected chi connectivity index (χ2v) is 9.11. The summed E-state index contributed by atoms with van der Waals surface area (Å²) < 4.78 is 3.01. The molecule has 1 aliphatic rings. The highest BCUT2D eigenvalue weighted by Gasteiger charge is 2.17. The van der Waals surface area contributed by atoms with Gasteiger partial charge in [0.25, 0.3) is 11.1 Å². The highest BCUT2D eigenvalue weighted by Crippen LogP contribution is 2.31. The van der Waals surface area contributed by atoms with E-state index in [0.717, 1.165) is 22.6 Å². The highest BCUT2D eigenvalue weighted by molar-refractivity contribution is 8.76. The molecule has 0 saturated heterocycles. The van der Waals surface area contributed by atoms with Gasteiger partial charge in [-0.3, -0.25) is 9.59 Å². The summed E-state index contributed by atoms with van der Waals surface area (Å²) in [7, 11) is 3.58. The van der Waals surface area contributed by atoms with Gasteiger partial charge in [-0.1, -0.05) is 58.0 Å². The van der Waals surface area contributed by atoms with Crippen LogP contribution < -0.4 is 11.1 Å². The summed E-state index contributed by atoms with van der Waals surface area (Å²) in [6, 6.07) is 22.7. The van der Waals surface area contributed by atoms with Crippen molar-refractivity contribution < 1.29 is 0 Å². The van der Waals surface area contributed by atoms with Crippen molar-refractivity contribution in [2.24, 2.45) is 0 Å². The van der Waals surface area contributed by atoms with Crippen LogP contribution in [0.5, 0.6) is 0 Å². The number of fused-ring (bicyclic) bond motifs is 8. The highest BCUT2D eigenvalue weighted by atomic mass is 33.1. The van der Waals surface area contributed by atoms with E-state index in [0.29, 0.717) is 22.1 Å². The van der Waals surface area contributed by atoms with Crippen molar-refractivity contribution in [3.05, 3.63) is 105 Å². The van der Waals surface area contributed by atoms with Crippen LogP contribution in [0.1, 0.15) is 11.1 Å². The van der Waals surface area contributed by atoms with Crippen LogP contribution in [0.25, 0.3) is 22.1 Å². The van der Waals surface area contributed by atoms with Gasteiger partial charge in [0.15, 0.2) is 0 Å². The molecule has 1 aromatic heterocycles. The monoisotopic (exact) mass is 404 g/mol. The van der Waals surface area contributed by atoms with Gasteiger partial charge < -0.3 is 0 Å². The second-order valence-electron chi connectivity index (χ2n) is 6.64. The van der Waals surface area contributed by atoms with E-state index >= 15 is 0 Å². The molecule has 0 fully saturated rings. The molecule has 0 atom stereocenters. The lowest BCUT2D eigenvalue weighted by Gasteiger charge is -2.19. The largest absolute Gasteiger partial charge is 0.278 e. The minimum absolute atomic E-state index is 0.197. The summed E-state index contributed by atoms with van der Waals surface area (Å²) in [4.78, 5) is 26.9. The first-order valence-electron chi connectivity index (χ1n) is 8.92. The fourth-order valence-electron chi connectivity index (χ4n) is 3.51. The van der Waals surface area contributed by atoms with Crippen LogP contribution in [-0.2, 0) is 11.5 Å². The lowest BCUT2D eigenvalue weighted by Crippen LogP contribution is -2.36. The zero-order valence-corrected chi connectivity index (χ0v) is 16.5. The number of aromatic nitrogens is 2. The Hall–Kier alpha value is -2.70. The van der Waals surface area contributed by atoms with Crippen LogP contribution in [0, 0.1) is 0 Å². The van der Waals surface area contributed by atoms with E-state index in [2.05, 4.69) is 12.1 Å². The van der Waals surface area contributed by atoms with E-state index in [1.54, 1.807) is 45.9 Å². The minimum Gasteiger partial charge on any atom is -0.267 e. The van der Waals surface area contributed by atoms with Crippen LogP contribution in [0.4, 0.5) is 0 Å². The molecule has 2 heterocycles. The predicted molar refractivity (Wildman–Crippen MR) is 118 cm³/mol. The van der Waals surface area contributed by atoms with Gasteiger partial charge in [0.05, 0.1) is 22.1 Å². The van der Waals surface area contributed by atoms with E-state index < -0.39 is 0 Å². The average Bonchev–Trinajstić information content (AvgIpc) is 2.73. The zero-order chi connectivity index (χ0) is 19.1. The summed E-state index contributed by atoms with van der Waals surface area (Å²) in [5.74, 6) is 1.68. The molecule has 1 aliphatic heterocycles. The predicted octanol–water partition coefficient (Wildman–Crippen LogP) is 4.54. The van der Waals surface area contributed by atoms with Crippen LogP contribution in [-0.4, -0.2) is 9.36 Å². The third kappa shape index (κ3) is 2.89. The standard InChI is InChI=1S/C22H16N2O2S2/c25-21-19-9-1-2-10-20(19)22(26)24-18-8-4-6-16(12-18)14-28-27-13-15-5-3-7-17(11-15)23(21)24/h1-12H,13-14H2. The second kappa shape index (κ2) is 7.04. The van der Waals surface area contributed by atoms with E-state index in [4.69, 9.17) is 0 Å².